The Hall–Kier alpha value is -4.18. The first kappa shape index (κ1) is 20.7. The summed E-state index contributed by atoms with van der Waals surface area (Å²) in [5.41, 5.74) is 2.50. The molecular weight excluding hydrogens is 418 g/mol. The van der Waals surface area contributed by atoms with Gasteiger partial charge in [-0.15, -0.1) is 5.10 Å². The van der Waals surface area contributed by atoms with Gasteiger partial charge in [-0.1, -0.05) is 36.4 Å². The number of hydrogen-bond acceptors (Lipinski definition) is 8. The van der Waals surface area contributed by atoms with Gasteiger partial charge in [-0.05, 0) is 34.2 Å². The second kappa shape index (κ2) is 9.53. The highest BCUT2D eigenvalue weighted by Gasteiger charge is 2.19. The average Bonchev–Trinajstić information content (AvgIpc) is 3.41. The molecule has 0 saturated carbocycles. The zero-order valence-corrected chi connectivity index (χ0v) is 17.9. The Morgan fingerprint density at radius 1 is 0.939 bits per heavy atom. The number of hydrogen-bond donors (Lipinski definition) is 1. The van der Waals surface area contributed by atoms with Crippen molar-refractivity contribution in [2.75, 3.05) is 36.4 Å². The molecule has 1 fully saturated rings. The van der Waals surface area contributed by atoms with E-state index in [2.05, 4.69) is 64.9 Å². The van der Waals surface area contributed by atoms with Crippen LogP contribution in [0, 0.1) is 0 Å². The SMILES string of the molecule is O=C(Nc1cc(N2CCN(Cc3ccccc3)CC2)ncn1)c1cccc(-n2cnnn2)c1. The van der Waals surface area contributed by atoms with E-state index in [4.69, 9.17) is 0 Å². The summed E-state index contributed by atoms with van der Waals surface area (Å²) in [7, 11) is 0. The van der Waals surface area contributed by atoms with Crippen LogP contribution in [0.3, 0.4) is 0 Å². The Morgan fingerprint density at radius 2 is 1.79 bits per heavy atom. The normalized spacial score (nSPS) is 14.2. The third-order valence-electron chi connectivity index (χ3n) is 5.56. The first-order valence-corrected chi connectivity index (χ1v) is 10.7. The minimum absolute atomic E-state index is 0.262. The minimum atomic E-state index is -0.262. The third-order valence-corrected chi connectivity index (χ3v) is 5.56. The van der Waals surface area contributed by atoms with Gasteiger partial charge >= 0.3 is 0 Å². The van der Waals surface area contributed by atoms with Crippen LogP contribution in [0.1, 0.15) is 15.9 Å². The van der Waals surface area contributed by atoms with Crippen LogP contribution in [0.5, 0.6) is 0 Å². The van der Waals surface area contributed by atoms with Gasteiger partial charge in [0.2, 0.25) is 0 Å². The van der Waals surface area contributed by atoms with Crippen LogP contribution in [0.4, 0.5) is 11.6 Å². The molecular formula is C23H23N9O. The fourth-order valence-electron chi connectivity index (χ4n) is 3.82. The third kappa shape index (κ3) is 5.01. The molecule has 1 aliphatic heterocycles. The van der Waals surface area contributed by atoms with E-state index in [0.29, 0.717) is 17.1 Å². The number of anilines is 2. The number of carbonyl (C=O) groups excluding carboxylic acids is 1. The molecule has 0 atom stereocenters. The highest BCUT2D eigenvalue weighted by molar-refractivity contribution is 6.04. The fourth-order valence-corrected chi connectivity index (χ4v) is 3.82. The van der Waals surface area contributed by atoms with Crippen molar-refractivity contribution >= 4 is 17.5 Å². The summed E-state index contributed by atoms with van der Waals surface area (Å²) in [5.74, 6) is 1.01. The number of nitrogens with one attached hydrogen (secondary N) is 1. The van der Waals surface area contributed by atoms with Gasteiger partial charge in [-0.3, -0.25) is 9.69 Å². The van der Waals surface area contributed by atoms with Gasteiger partial charge in [0, 0.05) is 44.4 Å². The lowest BCUT2D eigenvalue weighted by atomic mass is 10.2. The number of benzene rings is 2. The van der Waals surface area contributed by atoms with E-state index in [1.807, 2.05) is 18.2 Å². The average molecular weight is 441 g/mol. The Kier molecular flexibility index (Phi) is 5.98. The molecule has 0 aliphatic carbocycles. The van der Waals surface area contributed by atoms with E-state index in [1.165, 1.54) is 22.9 Å². The lowest BCUT2D eigenvalue weighted by Crippen LogP contribution is -2.46. The fraction of sp³-hybridized carbons (Fsp3) is 0.217. The maximum absolute atomic E-state index is 12.8. The maximum Gasteiger partial charge on any atom is 0.256 e. The smallest absolute Gasteiger partial charge is 0.256 e. The number of aromatic nitrogens is 6. The van der Waals surface area contributed by atoms with E-state index < -0.39 is 0 Å². The van der Waals surface area contributed by atoms with Crippen molar-refractivity contribution < 1.29 is 4.79 Å². The van der Waals surface area contributed by atoms with Crippen LogP contribution < -0.4 is 10.2 Å². The van der Waals surface area contributed by atoms with Crippen LogP contribution in [-0.2, 0) is 6.54 Å². The van der Waals surface area contributed by atoms with E-state index in [0.717, 1.165) is 38.5 Å². The monoisotopic (exact) mass is 441 g/mol. The molecule has 0 radical (unpaired) electrons. The van der Waals surface area contributed by atoms with Crippen molar-refractivity contribution in [2.24, 2.45) is 0 Å². The van der Waals surface area contributed by atoms with Crippen molar-refractivity contribution in [3.8, 4) is 5.69 Å². The van der Waals surface area contributed by atoms with Crippen LogP contribution in [-0.4, -0.2) is 67.2 Å². The van der Waals surface area contributed by atoms with E-state index in [-0.39, 0.29) is 5.91 Å². The summed E-state index contributed by atoms with van der Waals surface area (Å²) >= 11 is 0. The van der Waals surface area contributed by atoms with Crippen LogP contribution in [0.2, 0.25) is 0 Å². The molecule has 10 nitrogen and oxygen atoms in total. The standard InChI is InChI=1S/C23H23N9O/c33-23(19-7-4-8-20(13-19)32-17-26-28-29-32)27-21-14-22(25-16-24-21)31-11-9-30(10-12-31)15-18-5-2-1-3-6-18/h1-8,13-14,16-17H,9-12,15H2,(H,24,25,27,33). The van der Waals surface area contributed by atoms with Gasteiger partial charge in [-0.2, -0.15) is 0 Å². The number of nitrogens with zero attached hydrogens (tertiary/aromatic N) is 8. The van der Waals surface area contributed by atoms with Crippen molar-refractivity contribution in [3.05, 3.63) is 84.4 Å². The molecule has 1 aliphatic rings. The highest BCUT2D eigenvalue weighted by atomic mass is 16.1. The molecule has 4 aromatic rings. The first-order valence-electron chi connectivity index (χ1n) is 10.7. The quantitative estimate of drug-likeness (QED) is 0.485. The molecule has 0 bridgehead atoms. The second-order valence-electron chi connectivity index (χ2n) is 7.77. The van der Waals surface area contributed by atoms with Gasteiger partial charge in [-0.25, -0.2) is 14.6 Å². The molecule has 1 N–H and O–H groups in total. The maximum atomic E-state index is 12.8. The molecule has 0 spiro atoms. The predicted molar refractivity (Wildman–Crippen MR) is 123 cm³/mol. The molecule has 5 rings (SSSR count). The number of carbonyl (C=O) groups is 1. The molecule has 1 saturated heterocycles. The van der Waals surface area contributed by atoms with Gasteiger partial charge in [0.05, 0.1) is 5.69 Å². The number of amides is 1. The molecule has 10 heteroatoms. The summed E-state index contributed by atoms with van der Waals surface area (Å²) in [4.78, 5) is 26.1. The Balaban J connectivity index is 1.21. The second-order valence-corrected chi connectivity index (χ2v) is 7.77. The summed E-state index contributed by atoms with van der Waals surface area (Å²) < 4.78 is 1.50. The van der Waals surface area contributed by atoms with Gasteiger partial charge in [0.25, 0.3) is 5.91 Å². The number of piperazine rings is 1. The summed E-state index contributed by atoms with van der Waals surface area (Å²) in [6.45, 7) is 4.58. The van der Waals surface area contributed by atoms with Crippen molar-refractivity contribution in [2.45, 2.75) is 6.54 Å². The lowest BCUT2D eigenvalue weighted by molar-refractivity contribution is 0.102. The van der Waals surface area contributed by atoms with Crippen LogP contribution >= 0.6 is 0 Å². The molecule has 1 amide bonds. The van der Waals surface area contributed by atoms with Crippen LogP contribution in [0.25, 0.3) is 5.69 Å². The summed E-state index contributed by atoms with van der Waals surface area (Å²) in [6.07, 6.45) is 2.96. The van der Waals surface area contributed by atoms with E-state index in [1.54, 1.807) is 18.2 Å². The van der Waals surface area contributed by atoms with E-state index >= 15 is 0 Å². The molecule has 2 aromatic heterocycles. The largest absolute Gasteiger partial charge is 0.354 e. The predicted octanol–water partition coefficient (Wildman–Crippen LogP) is 2.03. The van der Waals surface area contributed by atoms with Gasteiger partial charge in [0.15, 0.2) is 0 Å². The molecule has 3 heterocycles. The minimum Gasteiger partial charge on any atom is -0.354 e. The molecule has 0 unspecified atom stereocenters. The lowest BCUT2D eigenvalue weighted by Gasteiger charge is -2.35. The van der Waals surface area contributed by atoms with Gasteiger partial charge in [0.1, 0.15) is 24.3 Å². The summed E-state index contributed by atoms with van der Waals surface area (Å²) in [6, 6.07) is 19.4. The number of tetrazole rings is 1. The molecule has 2 aromatic carbocycles. The van der Waals surface area contributed by atoms with E-state index in [9.17, 15) is 4.79 Å². The number of rotatable bonds is 6. The van der Waals surface area contributed by atoms with Crippen molar-refractivity contribution in [3.63, 3.8) is 0 Å². The molecule has 33 heavy (non-hydrogen) atoms. The Bertz CT molecular complexity index is 1210. The highest BCUT2D eigenvalue weighted by Crippen LogP contribution is 2.18. The first-order chi connectivity index (χ1) is 16.2. The topological polar surface area (TPSA) is 105 Å². The molecule has 166 valence electrons. The van der Waals surface area contributed by atoms with Gasteiger partial charge < -0.3 is 10.2 Å². The van der Waals surface area contributed by atoms with Crippen molar-refractivity contribution in [1.82, 2.24) is 35.1 Å². The van der Waals surface area contributed by atoms with Crippen molar-refractivity contribution in [1.29, 1.82) is 0 Å². The zero-order valence-electron chi connectivity index (χ0n) is 17.9. The Labute approximate surface area is 190 Å². The summed E-state index contributed by atoms with van der Waals surface area (Å²) in [5, 5.41) is 14.0. The Morgan fingerprint density at radius 3 is 2.58 bits per heavy atom. The zero-order chi connectivity index (χ0) is 22.5. The van der Waals surface area contributed by atoms with Crippen LogP contribution in [0.15, 0.2) is 73.3 Å².